The van der Waals surface area contributed by atoms with Crippen molar-refractivity contribution >= 4 is 16.9 Å². The fourth-order valence-electron chi connectivity index (χ4n) is 3.52. The van der Waals surface area contributed by atoms with Crippen molar-refractivity contribution in [1.29, 1.82) is 0 Å². The summed E-state index contributed by atoms with van der Waals surface area (Å²) in [6.45, 7) is 2.34. The molecule has 0 radical (unpaired) electrons. The SMILES string of the molecule is C[C@H]1c2ccc(F)cc2CCN1C(=O)c1c[nH]c2c(cnn2C)c1=O. The highest BCUT2D eigenvalue weighted by Gasteiger charge is 2.30. The number of H-pyrrole nitrogens is 1. The molecule has 0 aliphatic carbocycles. The fraction of sp³-hybridized carbons (Fsp3) is 0.278. The average Bonchev–Trinajstić information content (AvgIpc) is 2.97. The van der Waals surface area contributed by atoms with Crippen LogP contribution in [0.25, 0.3) is 11.0 Å². The number of aryl methyl sites for hydroxylation is 1. The Morgan fingerprint density at radius 3 is 3.00 bits per heavy atom. The second kappa shape index (κ2) is 5.54. The zero-order valence-corrected chi connectivity index (χ0v) is 13.9. The number of nitrogens with one attached hydrogen (secondary N) is 1. The topological polar surface area (TPSA) is 71.0 Å². The Hall–Kier alpha value is -2.96. The van der Waals surface area contributed by atoms with E-state index >= 15 is 0 Å². The molecule has 0 saturated heterocycles. The number of aromatic nitrogens is 3. The van der Waals surface area contributed by atoms with E-state index in [1.165, 1.54) is 24.5 Å². The highest BCUT2D eigenvalue weighted by molar-refractivity contribution is 5.97. The Morgan fingerprint density at radius 1 is 1.40 bits per heavy atom. The third kappa shape index (κ3) is 2.34. The van der Waals surface area contributed by atoms with Gasteiger partial charge in [-0.3, -0.25) is 14.3 Å². The summed E-state index contributed by atoms with van der Waals surface area (Å²) in [6.07, 6.45) is 3.47. The summed E-state index contributed by atoms with van der Waals surface area (Å²) in [5, 5.41) is 4.44. The minimum Gasteiger partial charge on any atom is -0.345 e. The van der Waals surface area contributed by atoms with Gasteiger partial charge in [-0.25, -0.2) is 4.39 Å². The second-order valence-electron chi connectivity index (χ2n) is 6.33. The van der Waals surface area contributed by atoms with Gasteiger partial charge in [-0.05, 0) is 36.6 Å². The number of fused-ring (bicyclic) bond motifs is 2. The molecular weight excluding hydrogens is 323 g/mol. The lowest BCUT2D eigenvalue weighted by atomic mass is 9.93. The minimum atomic E-state index is -0.330. The van der Waals surface area contributed by atoms with Crippen molar-refractivity contribution in [3.63, 3.8) is 0 Å². The van der Waals surface area contributed by atoms with Crippen LogP contribution in [0.5, 0.6) is 0 Å². The van der Waals surface area contributed by atoms with Gasteiger partial charge in [-0.15, -0.1) is 0 Å². The fourth-order valence-corrected chi connectivity index (χ4v) is 3.52. The number of carbonyl (C=O) groups excluding carboxylic acids is 1. The van der Waals surface area contributed by atoms with Crippen LogP contribution in [-0.2, 0) is 13.5 Å². The summed E-state index contributed by atoms with van der Waals surface area (Å²) in [6, 6.07) is 4.41. The van der Waals surface area contributed by atoms with Gasteiger partial charge in [-0.1, -0.05) is 6.07 Å². The summed E-state index contributed by atoms with van der Waals surface area (Å²) in [5.41, 5.74) is 2.17. The summed E-state index contributed by atoms with van der Waals surface area (Å²) < 4.78 is 15.0. The molecule has 4 rings (SSSR count). The molecule has 0 saturated carbocycles. The van der Waals surface area contributed by atoms with Gasteiger partial charge < -0.3 is 9.88 Å². The highest BCUT2D eigenvalue weighted by atomic mass is 19.1. The van der Waals surface area contributed by atoms with Crippen LogP contribution >= 0.6 is 0 Å². The second-order valence-corrected chi connectivity index (χ2v) is 6.33. The predicted octanol–water partition coefficient (Wildman–Crippen LogP) is 2.16. The first-order valence-corrected chi connectivity index (χ1v) is 8.10. The molecule has 25 heavy (non-hydrogen) atoms. The number of carbonyl (C=O) groups is 1. The van der Waals surface area contributed by atoms with Crippen LogP contribution in [0.2, 0.25) is 0 Å². The first-order valence-electron chi connectivity index (χ1n) is 8.10. The van der Waals surface area contributed by atoms with Gasteiger partial charge in [-0.2, -0.15) is 5.10 Å². The van der Waals surface area contributed by atoms with E-state index in [0.29, 0.717) is 24.0 Å². The Morgan fingerprint density at radius 2 is 2.20 bits per heavy atom. The van der Waals surface area contributed by atoms with E-state index in [4.69, 9.17) is 0 Å². The Labute approximate surface area is 142 Å². The van der Waals surface area contributed by atoms with E-state index in [-0.39, 0.29) is 28.8 Å². The van der Waals surface area contributed by atoms with Crippen LogP contribution in [-0.4, -0.2) is 32.1 Å². The standard InChI is InChI=1S/C18H17FN4O2/c1-10-13-4-3-12(19)7-11(13)5-6-23(10)18(25)15-8-20-17-14(16(15)24)9-21-22(17)2/h3-4,7-10H,5-6H2,1-2H3,(H,20,24)/t10-/m0/s1. The molecule has 1 aliphatic rings. The number of hydrogen-bond acceptors (Lipinski definition) is 3. The third-order valence-electron chi connectivity index (χ3n) is 4.92. The van der Waals surface area contributed by atoms with Crippen molar-refractivity contribution in [2.45, 2.75) is 19.4 Å². The van der Waals surface area contributed by atoms with Crippen molar-refractivity contribution in [3.05, 3.63) is 63.3 Å². The number of rotatable bonds is 1. The summed E-state index contributed by atoms with van der Waals surface area (Å²) >= 11 is 0. The smallest absolute Gasteiger partial charge is 0.259 e. The molecule has 7 heteroatoms. The van der Waals surface area contributed by atoms with Crippen LogP contribution in [0.15, 0.2) is 35.4 Å². The first kappa shape index (κ1) is 15.6. The maximum absolute atomic E-state index is 13.4. The van der Waals surface area contributed by atoms with Gasteiger partial charge >= 0.3 is 0 Å². The quantitative estimate of drug-likeness (QED) is 0.738. The van der Waals surface area contributed by atoms with E-state index in [1.807, 2.05) is 6.92 Å². The van der Waals surface area contributed by atoms with Crippen LogP contribution in [0.3, 0.4) is 0 Å². The van der Waals surface area contributed by atoms with Gasteiger partial charge in [0.25, 0.3) is 5.91 Å². The van der Waals surface area contributed by atoms with Crippen molar-refractivity contribution in [3.8, 4) is 0 Å². The summed E-state index contributed by atoms with van der Waals surface area (Å²) in [4.78, 5) is 30.2. The number of halogens is 1. The number of nitrogens with zero attached hydrogens (tertiary/aromatic N) is 3. The molecule has 6 nitrogen and oxygen atoms in total. The van der Waals surface area contributed by atoms with Gasteiger partial charge in [0.15, 0.2) is 0 Å². The molecule has 128 valence electrons. The predicted molar refractivity (Wildman–Crippen MR) is 90.9 cm³/mol. The van der Waals surface area contributed by atoms with E-state index in [0.717, 1.165) is 11.1 Å². The van der Waals surface area contributed by atoms with E-state index in [9.17, 15) is 14.0 Å². The lowest BCUT2D eigenvalue weighted by molar-refractivity contribution is 0.0676. The molecule has 1 aliphatic heterocycles. The number of amides is 1. The molecule has 1 atom stereocenters. The first-order chi connectivity index (χ1) is 12.0. The molecule has 1 aromatic carbocycles. The van der Waals surface area contributed by atoms with Crippen LogP contribution in [0, 0.1) is 5.82 Å². The largest absolute Gasteiger partial charge is 0.345 e. The Balaban J connectivity index is 1.73. The van der Waals surface area contributed by atoms with Crippen molar-refractivity contribution < 1.29 is 9.18 Å². The number of aromatic amines is 1. The molecule has 2 aromatic heterocycles. The number of pyridine rings is 1. The van der Waals surface area contributed by atoms with Gasteiger partial charge in [0.1, 0.15) is 17.0 Å². The Bertz CT molecular complexity index is 1050. The summed E-state index contributed by atoms with van der Waals surface area (Å²) in [5.74, 6) is -0.598. The van der Waals surface area contributed by atoms with Crippen molar-refractivity contribution in [2.75, 3.05) is 6.54 Å². The van der Waals surface area contributed by atoms with E-state index < -0.39 is 0 Å². The zero-order chi connectivity index (χ0) is 17.7. The monoisotopic (exact) mass is 340 g/mol. The number of hydrogen-bond donors (Lipinski definition) is 1. The van der Waals surface area contributed by atoms with Gasteiger partial charge in [0.05, 0.1) is 17.6 Å². The molecule has 0 spiro atoms. The average molecular weight is 340 g/mol. The van der Waals surface area contributed by atoms with Crippen molar-refractivity contribution in [2.24, 2.45) is 7.05 Å². The minimum absolute atomic E-state index is 0.0953. The van der Waals surface area contributed by atoms with Crippen molar-refractivity contribution in [1.82, 2.24) is 19.7 Å². The third-order valence-corrected chi connectivity index (χ3v) is 4.92. The molecule has 3 heterocycles. The lowest BCUT2D eigenvalue weighted by Crippen LogP contribution is -2.40. The lowest BCUT2D eigenvalue weighted by Gasteiger charge is -2.35. The van der Waals surface area contributed by atoms with Crippen LogP contribution in [0.4, 0.5) is 4.39 Å². The summed E-state index contributed by atoms with van der Waals surface area (Å²) in [7, 11) is 1.72. The number of benzene rings is 1. The maximum Gasteiger partial charge on any atom is 0.259 e. The molecule has 0 bridgehead atoms. The molecule has 3 aromatic rings. The molecule has 0 unspecified atom stereocenters. The van der Waals surface area contributed by atoms with Crippen LogP contribution in [0.1, 0.15) is 34.5 Å². The van der Waals surface area contributed by atoms with Gasteiger partial charge in [0.2, 0.25) is 5.43 Å². The molecule has 0 fully saturated rings. The molecule has 1 N–H and O–H groups in total. The maximum atomic E-state index is 13.4. The van der Waals surface area contributed by atoms with E-state index in [2.05, 4.69) is 10.1 Å². The zero-order valence-electron chi connectivity index (χ0n) is 13.9. The van der Waals surface area contributed by atoms with E-state index in [1.54, 1.807) is 22.7 Å². The normalized spacial score (nSPS) is 16.9. The van der Waals surface area contributed by atoms with Gasteiger partial charge in [0, 0.05) is 19.8 Å². The molecular formula is C18H17FN4O2. The Kier molecular flexibility index (Phi) is 3.45. The molecule has 1 amide bonds. The highest BCUT2D eigenvalue weighted by Crippen LogP contribution is 2.30. The van der Waals surface area contributed by atoms with Crippen LogP contribution < -0.4 is 5.43 Å².